The van der Waals surface area contributed by atoms with Crippen LogP contribution in [0.3, 0.4) is 0 Å². The van der Waals surface area contributed by atoms with E-state index in [-0.39, 0.29) is 24.5 Å². The van der Waals surface area contributed by atoms with Gasteiger partial charge in [-0.15, -0.1) is 0 Å². The Bertz CT molecular complexity index is 1090. The number of nitrogens with one attached hydrogen (secondary N) is 2. The lowest BCUT2D eigenvalue weighted by atomic mass is 10.1. The lowest BCUT2D eigenvalue weighted by Crippen LogP contribution is -2.44. The molecule has 0 bridgehead atoms. The van der Waals surface area contributed by atoms with Crippen LogP contribution in [0.1, 0.15) is 21.5 Å². The molecule has 4 atom stereocenters. The number of hydrogen-bond acceptors (Lipinski definition) is 5. The fourth-order valence-corrected chi connectivity index (χ4v) is 3.81. The van der Waals surface area contributed by atoms with Crippen LogP contribution in [0.4, 0.5) is 36.8 Å². The molecule has 2 aromatic carbocycles. The highest BCUT2D eigenvalue weighted by atomic mass is 19.4. The highest BCUT2D eigenvalue weighted by molar-refractivity contribution is 5.94. The summed E-state index contributed by atoms with van der Waals surface area (Å²) >= 11 is 0. The van der Waals surface area contributed by atoms with Crippen LogP contribution in [0.2, 0.25) is 0 Å². The highest BCUT2D eigenvalue weighted by Gasteiger charge is 2.50. The molecule has 2 saturated heterocycles. The number of rotatable bonds is 4. The molecule has 2 aromatic rings. The number of ether oxygens (including phenoxy) is 3. The third-order valence-electron chi connectivity index (χ3n) is 5.49. The zero-order valence-corrected chi connectivity index (χ0v) is 17.7. The van der Waals surface area contributed by atoms with Crippen molar-refractivity contribution in [3.63, 3.8) is 0 Å². The first-order valence-corrected chi connectivity index (χ1v) is 10.3. The molecule has 0 saturated carbocycles. The zero-order valence-electron chi connectivity index (χ0n) is 17.7. The maximum Gasteiger partial charge on any atom is 0.416 e. The van der Waals surface area contributed by atoms with Gasteiger partial charge in [0.15, 0.2) is 6.10 Å². The summed E-state index contributed by atoms with van der Waals surface area (Å²) in [6, 6.07) is 7.04. The number of anilines is 1. The van der Waals surface area contributed by atoms with Crippen molar-refractivity contribution < 1.29 is 50.1 Å². The topological polar surface area (TPSA) is 85.9 Å². The van der Waals surface area contributed by atoms with E-state index in [1.54, 1.807) is 0 Å². The molecular weight excluding hydrogens is 486 g/mol. The largest absolute Gasteiger partial charge is 0.441 e. The van der Waals surface area contributed by atoms with E-state index in [2.05, 4.69) is 10.6 Å². The van der Waals surface area contributed by atoms with Crippen molar-refractivity contribution in [1.29, 1.82) is 0 Å². The number of carbonyl (C=O) groups excluding carboxylic acids is 2. The van der Waals surface area contributed by atoms with Crippen LogP contribution in [-0.4, -0.2) is 49.6 Å². The average Bonchev–Trinajstić information content (AvgIpc) is 3.36. The van der Waals surface area contributed by atoms with Gasteiger partial charge in [-0.25, -0.2) is 4.79 Å². The molecule has 2 aliphatic heterocycles. The highest BCUT2D eigenvalue weighted by Crippen LogP contribution is 2.32. The molecule has 7 nitrogen and oxygen atoms in total. The van der Waals surface area contributed by atoms with Crippen LogP contribution in [-0.2, 0) is 26.6 Å². The van der Waals surface area contributed by atoms with Gasteiger partial charge in [0.2, 0.25) is 0 Å². The maximum absolute atomic E-state index is 12.8. The van der Waals surface area contributed by atoms with E-state index in [4.69, 9.17) is 14.2 Å². The second-order valence-electron chi connectivity index (χ2n) is 7.90. The van der Waals surface area contributed by atoms with E-state index in [9.17, 15) is 35.9 Å². The first-order valence-electron chi connectivity index (χ1n) is 10.3. The SMILES string of the molecule is O=C(Nc1cccc(C(F)(F)F)c1)OC1COC2C(NC(=O)c3ccc(C(F)(F)F)cc3)COC12. The van der Waals surface area contributed by atoms with Crippen molar-refractivity contribution in [3.05, 3.63) is 65.2 Å². The molecule has 188 valence electrons. The second-order valence-corrected chi connectivity index (χ2v) is 7.90. The molecule has 0 aromatic heterocycles. The lowest BCUT2D eigenvalue weighted by Gasteiger charge is -2.18. The third kappa shape index (κ3) is 5.68. The first-order chi connectivity index (χ1) is 16.4. The van der Waals surface area contributed by atoms with Crippen molar-refractivity contribution in [2.24, 2.45) is 0 Å². The van der Waals surface area contributed by atoms with Gasteiger partial charge in [0.25, 0.3) is 5.91 Å². The molecule has 13 heteroatoms. The minimum atomic E-state index is -4.58. The van der Waals surface area contributed by atoms with Gasteiger partial charge in [-0.3, -0.25) is 10.1 Å². The molecule has 0 aliphatic carbocycles. The van der Waals surface area contributed by atoms with Crippen LogP contribution < -0.4 is 10.6 Å². The van der Waals surface area contributed by atoms with E-state index >= 15 is 0 Å². The molecular formula is C22H18F6N2O5. The summed E-state index contributed by atoms with van der Waals surface area (Å²) in [7, 11) is 0. The standard InChI is InChI=1S/C22H18F6N2O5/c23-21(24,25)12-6-4-11(5-7-12)19(31)30-15-9-33-18-16(10-34-17(15)18)35-20(32)29-14-3-1-2-13(8-14)22(26,27)28/h1-8,15-18H,9-10H2,(H,29,32)(H,30,31). The number of fused-ring (bicyclic) bond motifs is 1. The summed E-state index contributed by atoms with van der Waals surface area (Å²) in [6.07, 6.45) is -12.5. The van der Waals surface area contributed by atoms with E-state index < -0.39 is 59.8 Å². The first kappa shape index (κ1) is 24.8. The van der Waals surface area contributed by atoms with Crippen LogP contribution in [0.25, 0.3) is 0 Å². The van der Waals surface area contributed by atoms with Crippen LogP contribution >= 0.6 is 0 Å². The van der Waals surface area contributed by atoms with E-state index in [1.807, 2.05) is 0 Å². The summed E-state index contributed by atoms with van der Waals surface area (Å²) in [5.74, 6) is -0.636. The predicted molar refractivity (Wildman–Crippen MR) is 108 cm³/mol. The molecule has 2 amide bonds. The Hall–Kier alpha value is -3.32. The van der Waals surface area contributed by atoms with E-state index in [1.165, 1.54) is 6.07 Å². The second kappa shape index (κ2) is 9.38. The molecule has 4 rings (SSSR count). The van der Waals surface area contributed by atoms with Crippen LogP contribution in [0.15, 0.2) is 48.5 Å². The summed E-state index contributed by atoms with van der Waals surface area (Å²) in [5, 5.41) is 4.85. The number of carbonyl (C=O) groups is 2. The lowest BCUT2D eigenvalue weighted by molar-refractivity contribution is -0.138. The van der Waals surface area contributed by atoms with Crippen molar-refractivity contribution in [2.45, 2.75) is 36.7 Å². The van der Waals surface area contributed by atoms with Gasteiger partial charge in [0.05, 0.1) is 30.4 Å². The molecule has 2 aliphatic rings. The van der Waals surface area contributed by atoms with Crippen molar-refractivity contribution in [2.75, 3.05) is 18.5 Å². The molecule has 0 radical (unpaired) electrons. The fraction of sp³-hybridized carbons (Fsp3) is 0.364. The number of alkyl halides is 6. The van der Waals surface area contributed by atoms with Crippen LogP contribution in [0.5, 0.6) is 0 Å². The van der Waals surface area contributed by atoms with E-state index in [0.717, 1.165) is 42.5 Å². The van der Waals surface area contributed by atoms with Gasteiger partial charge >= 0.3 is 18.4 Å². The Kier molecular flexibility index (Phi) is 6.64. The normalized spacial score (nSPS) is 24.1. The molecule has 35 heavy (non-hydrogen) atoms. The quantitative estimate of drug-likeness (QED) is 0.609. The Morgan fingerprint density at radius 1 is 0.857 bits per heavy atom. The van der Waals surface area contributed by atoms with Gasteiger partial charge in [0.1, 0.15) is 12.2 Å². The zero-order chi connectivity index (χ0) is 25.4. The minimum Gasteiger partial charge on any atom is -0.441 e. The van der Waals surface area contributed by atoms with Crippen molar-refractivity contribution >= 4 is 17.7 Å². The molecule has 2 heterocycles. The number of benzene rings is 2. The number of hydrogen-bond donors (Lipinski definition) is 2. The van der Waals surface area contributed by atoms with Crippen molar-refractivity contribution in [3.8, 4) is 0 Å². The fourth-order valence-electron chi connectivity index (χ4n) is 3.81. The summed E-state index contributed by atoms with van der Waals surface area (Å²) in [5.41, 5.74) is -1.94. The molecule has 4 unspecified atom stereocenters. The van der Waals surface area contributed by atoms with Crippen LogP contribution in [0, 0.1) is 0 Å². The van der Waals surface area contributed by atoms with E-state index in [0.29, 0.717) is 0 Å². The Morgan fingerprint density at radius 2 is 1.51 bits per heavy atom. The van der Waals surface area contributed by atoms with Gasteiger partial charge < -0.3 is 19.5 Å². The molecule has 0 spiro atoms. The van der Waals surface area contributed by atoms with Crippen molar-refractivity contribution in [1.82, 2.24) is 5.32 Å². The maximum atomic E-state index is 12.8. The minimum absolute atomic E-state index is 0.00316. The smallest absolute Gasteiger partial charge is 0.416 e. The predicted octanol–water partition coefficient (Wildman–Crippen LogP) is 4.24. The number of halogens is 6. The average molecular weight is 504 g/mol. The van der Waals surface area contributed by atoms with Gasteiger partial charge in [-0.05, 0) is 42.5 Å². The Morgan fingerprint density at radius 3 is 2.17 bits per heavy atom. The van der Waals surface area contributed by atoms with Gasteiger partial charge in [-0.2, -0.15) is 26.3 Å². The monoisotopic (exact) mass is 504 g/mol. The Labute approximate surface area is 194 Å². The molecule has 2 N–H and O–H groups in total. The van der Waals surface area contributed by atoms with Gasteiger partial charge in [-0.1, -0.05) is 6.07 Å². The third-order valence-corrected chi connectivity index (χ3v) is 5.49. The molecule has 2 fully saturated rings. The van der Waals surface area contributed by atoms with Gasteiger partial charge in [0, 0.05) is 11.3 Å². The summed E-state index contributed by atoms with van der Waals surface area (Å²) in [6.45, 7) is -0.0885. The Balaban J connectivity index is 1.32. The summed E-state index contributed by atoms with van der Waals surface area (Å²) in [4.78, 5) is 24.6. The number of amides is 2. The summed E-state index contributed by atoms with van der Waals surface area (Å²) < 4.78 is 92.9.